The topological polar surface area (TPSA) is 46.5 Å². The molecule has 0 aliphatic heterocycles. The molecule has 0 saturated carbocycles. The molecule has 0 saturated heterocycles. The summed E-state index contributed by atoms with van der Waals surface area (Å²) in [5, 5.41) is 3.12. The number of carbonyl (C=O) groups is 1. The normalized spacial score (nSPS) is 11.6. The van der Waals surface area contributed by atoms with Crippen LogP contribution < -0.4 is 0 Å². The third-order valence-corrected chi connectivity index (χ3v) is 3.81. The van der Waals surface area contributed by atoms with Crippen LogP contribution in [0.4, 0.5) is 0 Å². The Morgan fingerprint density at radius 2 is 1.38 bits per heavy atom. The molecular formula is C18H33NO2. The number of unbranched alkanes of at least 4 members (excludes halogenated alkanes) is 11. The van der Waals surface area contributed by atoms with Crippen LogP contribution in [0.5, 0.6) is 0 Å². The van der Waals surface area contributed by atoms with Gasteiger partial charge in [-0.25, -0.2) is 0 Å². The van der Waals surface area contributed by atoms with Crippen molar-refractivity contribution in [2.24, 2.45) is 5.18 Å². The van der Waals surface area contributed by atoms with Gasteiger partial charge in [-0.3, -0.25) is 0 Å². The zero-order valence-electron chi connectivity index (χ0n) is 13.8. The minimum atomic E-state index is 0.621. The Bertz CT molecular complexity index is 274. The Morgan fingerprint density at radius 3 is 1.95 bits per heavy atom. The van der Waals surface area contributed by atoms with Gasteiger partial charge in [0, 0.05) is 6.42 Å². The molecule has 0 amide bonds. The van der Waals surface area contributed by atoms with Gasteiger partial charge in [-0.1, -0.05) is 64.4 Å². The first-order valence-corrected chi connectivity index (χ1v) is 8.81. The van der Waals surface area contributed by atoms with Crippen LogP contribution in [0.25, 0.3) is 0 Å². The molecule has 3 heteroatoms. The molecular weight excluding hydrogens is 262 g/mol. The van der Waals surface area contributed by atoms with Gasteiger partial charge >= 0.3 is 0 Å². The second-order valence-electron chi connectivity index (χ2n) is 5.82. The predicted octanol–water partition coefficient (Wildman–Crippen LogP) is 6.32. The van der Waals surface area contributed by atoms with Crippen molar-refractivity contribution < 1.29 is 4.79 Å². The van der Waals surface area contributed by atoms with Gasteiger partial charge in [-0.05, 0) is 37.3 Å². The van der Waals surface area contributed by atoms with Crippen LogP contribution in [0.2, 0.25) is 0 Å². The van der Waals surface area contributed by atoms with Crippen molar-refractivity contribution in [2.45, 2.75) is 96.8 Å². The van der Waals surface area contributed by atoms with Gasteiger partial charge in [0.2, 0.25) is 0 Å². The van der Waals surface area contributed by atoms with Crippen molar-refractivity contribution in [1.29, 1.82) is 0 Å². The quantitative estimate of drug-likeness (QED) is 0.190. The number of hydrogen-bond acceptors (Lipinski definition) is 3. The van der Waals surface area contributed by atoms with Crippen molar-refractivity contribution in [3.05, 3.63) is 16.7 Å². The smallest absolute Gasteiger partial charge is 0.119 e. The second-order valence-corrected chi connectivity index (χ2v) is 5.82. The standard InChI is InChI=1S/C18H33NO2/c1-2-3-4-5-6-7-8-9-12-15-18(19-21)16-13-10-11-14-17-20/h16-17H,2-15H2,1H3/b18-16+. The van der Waals surface area contributed by atoms with E-state index in [0.29, 0.717) is 12.1 Å². The molecule has 0 heterocycles. The van der Waals surface area contributed by atoms with Crippen LogP contribution in [0, 0.1) is 4.91 Å². The van der Waals surface area contributed by atoms with Crippen molar-refractivity contribution in [2.75, 3.05) is 0 Å². The SMILES string of the molecule is CCCCCCCCCCC/C(=C\CCCCC=O)N=O. The molecule has 0 aromatic rings. The van der Waals surface area contributed by atoms with E-state index in [9.17, 15) is 9.70 Å². The third-order valence-electron chi connectivity index (χ3n) is 3.81. The maximum absolute atomic E-state index is 10.7. The van der Waals surface area contributed by atoms with E-state index in [4.69, 9.17) is 0 Å². The van der Waals surface area contributed by atoms with Crippen LogP contribution in [-0.4, -0.2) is 6.29 Å². The Morgan fingerprint density at radius 1 is 0.810 bits per heavy atom. The molecule has 0 radical (unpaired) electrons. The second kappa shape index (κ2) is 17.1. The molecule has 0 bridgehead atoms. The fraction of sp³-hybridized carbons (Fsp3) is 0.833. The highest BCUT2D eigenvalue weighted by Gasteiger charge is 1.98. The molecule has 0 N–H and O–H groups in total. The number of allylic oxidation sites excluding steroid dienone is 2. The summed E-state index contributed by atoms with van der Waals surface area (Å²) in [6.45, 7) is 2.24. The largest absolute Gasteiger partial charge is 0.303 e. The van der Waals surface area contributed by atoms with Gasteiger partial charge in [-0.15, -0.1) is 4.91 Å². The van der Waals surface area contributed by atoms with Crippen molar-refractivity contribution in [3.8, 4) is 0 Å². The number of nitrogens with zero attached hydrogens (tertiary/aromatic N) is 1. The zero-order valence-corrected chi connectivity index (χ0v) is 13.8. The molecule has 0 aromatic heterocycles. The van der Waals surface area contributed by atoms with Crippen LogP contribution >= 0.6 is 0 Å². The molecule has 3 nitrogen and oxygen atoms in total. The summed E-state index contributed by atoms with van der Waals surface area (Å²) < 4.78 is 0. The lowest BCUT2D eigenvalue weighted by Gasteiger charge is -2.02. The van der Waals surface area contributed by atoms with Crippen molar-refractivity contribution >= 4 is 6.29 Å². The maximum atomic E-state index is 10.7. The predicted molar refractivity (Wildman–Crippen MR) is 90.3 cm³/mol. The minimum Gasteiger partial charge on any atom is -0.303 e. The molecule has 0 aliphatic rings. The van der Waals surface area contributed by atoms with E-state index in [1.54, 1.807) is 0 Å². The number of nitroso groups, excluding NO2 is 1. The lowest BCUT2D eigenvalue weighted by Crippen LogP contribution is -1.84. The van der Waals surface area contributed by atoms with E-state index in [-0.39, 0.29) is 0 Å². The highest BCUT2D eigenvalue weighted by molar-refractivity contribution is 5.48. The first kappa shape index (κ1) is 20.0. The van der Waals surface area contributed by atoms with Crippen LogP contribution in [0.3, 0.4) is 0 Å². The maximum Gasteiger partial charge on any atom is 0.119 e. The van der Waals surface area contributed by atoms with E-state index in [0.717, 1.165) is 38.4 Å². The van der Waals surface area contributed by atoms with E-state index in [1.165, 1.54) is 51.4 Å². The Balaban J connectivity index is 3.43. The Kier molecular flexibility index (Phi) is 16.3. The molecule has 0 unspecified atom stereocenters. The lowest BCUT2D eigenvalue weighted by atomic mass is 10.1. The molecule has 21 heavy (non-hydrogen) atoms. The van der Waals surface area contributed by atoms with Crippen molar-refractivity contribution in [1.82, 2.24) is 0 Å². The summed E-state index contributed by atoms with van der Waals surface area (Å²) >= 11 is 0. The van der Waals surface area contributed by atoms with Gasteiger partial charge in [0.15, 0.2) is 0 Å². The van der Waals surface area contributed by atoms with E-state index in [1.807, 2.05) is 6.08 Å². The monoisotopic (exact) mass is 295 g/mol. The summed E-state index contributed by atoms with van der Waals surface area (Å²) in [4.78, 5) is 20.9. The molecule has 0 atom stereocenters. The van der Waals surface area contributed by atoms with Crippen LogP contribution in [-0.2, 0) is 4.79 Å². The molecule has 0 rings (SSSR count). The molecule has 0 aromatic carbocycles. The van der Waals surface area contributed by atoms with Gasteiger partial charge in [0.25, 0.3) is 0 Å². The van der Waals surface area contributed by atoms with E-state index >= 15 is 0 Å². The Labute approximate surface area is 130 Å². The van der Waals surface area contributed by atoms with Crippen molar-refractivity contribution in [3.63, 3.8) is 0 Å². The summed E-state index contributed by atoms with van der Waals surface area (Å²) in [7, 11) is 0. The summed E-state index contributed by atoms with van der Waals surface area (Å²) in [6.07, 6.45) is 18.7. The fourth-order valence-electron chi connectivity index (χ4n) is 2.44. The van der Waals surface area contributed by atoms with Gasteiger partial charge in [0.05, 0.1) is 5.70 Å². The van der Waals surface area contributed by atoms with Crippen LogP contribution in [0.15, 0.2) is 16.9 Å². The number of aldehydes is 1. The number of rotatable bonds is 16. The molecule has 0 fully saturated rings. The third kappa shape index (κ3) is 15.2. The number of carbonyl (C=O) groups excluding carboxylic acids is 1. The molecule has 0 spiro atoms. The van der Waals surface area contributed by atoms with Gasteiger partial charge < -0.3 is 4.79 Å². The van der Waals surface area contributed by atoms with Gasteiger partial charge in [-0.2, -0.15) is 0 Å². The van der Waals surface area contributed by atoms with Gasteiger partial charge in [0.1, 0.15) is 6.29 Å². The molecule has 122 valence electrons. The molecule has 0 aliphatic carbocycles. The lowest BCUT2D eigenvalue weighted by molar-refractivity contribution is -0.107. The average Bonchev–Trinajstić information content (AvgIpc) is 2.51. The first-order chi connectivity index (χ1) is 10.3. The summed E-state index contributed by atoms with van der Waals surface area (Å²) in [6, 6.07) is 0. The highest BCUT2D eigenvalue weighted by Crippen LogP contribution is 2.15. The Hall–Kier alpha value is -0.990. The zero-order chi connectivity index (χ0) is 15.6. The first-order valence-electron chi connectivity index (χ1n) is 8.81. The average molecular weight is 295 g/mol. The minimum absolute atomic E-state index is 0.621. The van der Waals surface area contributed by atoms with Crippen LogP contribution in [0.1, 0.15) is 96.8 Å². The fourth-order valence-corrected chi connectivity index (χ4v) is 2.44. The number of hydrogen-bond donors (Lipinski definition) is 0. The van der Waals surface area contributed by atoms with E-state index in [2.05, 4.69) is 12.1 Å². The highest BCUT2D eigenvalue weighted by atomic mass is 16.3. The summed E-state index contributed by atoms with van der Waals surface area (Å²) in [5.74, 6) is 0. The summed E-state index contributed by atoms with van der Waals surface area (Å²) in [5.41, 5.74) is 0.698. The van der Waals surface area contributed by atoms with E-state index < -0.39 is 0 Å².